The molecule has 0 radical (unpaired) electrons. The second-order valence-corrected chi connectivity index (χ2v) is 5.73. The van der Waals surface area contributed by atoms with Gasteiger partial charge in [0.1, 0.15) is 11.5 Å². The Morgan fingerprint density at radius 1 is 1.30 bits per heavy atom. The topological polar surface area (TPSA) is 52.1 Å². The molecule has 2 aromatic rings. The summed E-state index contributed by atoms with van der Waals surface area (Å²) in [5.74, 6) is 1.75. The lowest BCUT2D eigenvalue weighted by Gasteiger charge is -2.04. The third-order valence-electron chi connectivity index (χ3n) is 3.62. The Labute approximate surface area is 118 Å². The highest BCUT2D eigenvalue weighted by Crippen LogP contribution is 2.19. The minimum atomic E-state index is 0.00838. The molecule has 0 atom stereocenters. The number of hydrogen-bond acceptors (Lipinski definition) is 3. The van der Waals surface area contributed by atoms with Crippen LogP contribution < -0.4 is 11.0 Å². The molecule has 0 aliphatic heterocycles. The smallest absolute Gasteiger partial charge is 0.328 e. The van der Waals surface area contributed by atoms with Crippen LogP contribution in [-0.4, -0.2) is 15.2 Å². The minimum Gasteiger partial charge on any atom is -0.463 e. The summed E-state index contributed by atoms with van der Waals surface area (Å²) < 4.78 is 9.16. The van der Waals surface area contributed by atoms with Gasteiger partial charge >= 0.3 is 5.69 Å². The monoisotopic (exact) mass is 275 g/mol. The van der Waals surface area contributed by atoms with Gasteiger partial charge in [-0.2, -0.15) is 0 Å². The lowest BCUT2D eigenvalue weighted by atomic mass is 10.4. The van der Waals surface area contributed by atoms with Crippen LogP contribution in [0, 0.1) is 0 Å². The maximum atomic E-state index is 12.1. The van der Waals surface area contributed by atoms with E-state index in [9.17, 15) is 4.79 Å². The van der Waals surface area contributed by atoms with Gasteiger partial charge in [0.15, 0.2) is 0 Å². The average Bonchev–Trinajstić information content (AvgIpc) is 3.03. The van der Waals surface area contributed by atoms with Crippen molar-refractivity contribution in [2.45, 2.75) is 51.9 Å². The second kappa shape index (κ2) is 5.32. The van der Waals surface area contributed by atoms with Gasteiger partial charge in [0, 0.05) is 24.5 Å². The van der Waals surface area contributed by atoms with Crippen molar-refractivity contribution in [3.8, 4) is 0 Å². The predicted molar refractivity (Wildman–Crippen MR) is 76.7 cm³/mol. The summed E-state index contributed by atoms with van der Waals surface area (Å²) >= 11 is 0. The molecule has 108 valence electrons. The van der Waals surface area contributed by atoms with Gasteiger partial charge in [-0.25, -0.2) is 4.79 Å². The fourth-order valence-electron chi connectivity index (χ4n) is 2.24. The number of nitrogens with zero attached hydrogens (tertiary/aromatic N) is 2. The Kier molecular flexibility index (Phi) is 3.53. The van der Waals surface area contributed by atoms with Gasteiger partial charge in [-0.15, -0.1) is 0 Å². The first kappa shape index (κ1) is 13.2. The molecular formula is C15H21N3O2. The van der Waals surface area contributed by atoms with E-state index >= 15 is 0 Å². The molecule has 1 aliphatic carbocycles. The molecule has 0 aromatic carbocycles. The van der Waals surface area contributed by atoms with E-state index in [1.165, 1.54) is 12.8 Å². The Hall–Kier alpha value is -1.75. The normalized spacial score (nSPS) is 15.2. The van der Waals surface area contributed by atoms with Crippen LogP contribution in [0.5, 0.6) is 0 Å². The molecule has 1 fully saturated rings. The third kappa shape index (κ3) is 2.88. The van der Waals surface area contributed by atoms with Gasteiger partial charge < -0.3 is 9.73 Å². The molecule has 0 spiro atoms. The van der Waals surface area contributed by atoms with E-state index < -0.39 is 0 Å². The van der Waals surface area contributed by atoms with Crippen LogP contribution in [0.4, 0.5) is 0 Å². The lowest BCUT2D eigenvalue weighted by Crippen LogP contribution is -2.25. The first-order chi connectivity index (χ1) is 9.63. The maximum absolute atomic E-state index is 12.1. The van der Waals surface area contributed by atoms with Gasteiger partial charge in [-0.05, 0) is 38.8 Å². The number of furan rings is 1. The van der Waals surface area contributed by atoms with Crippen LogP contribution in [0.15, 0.2) is 33.7 Å². The number of rotatable bonds is 6. The van der Waals surface area contributed by atoms with Crippen molar-refractivity contribution in [3.63, 3.8) is 0 Å². The number of hydrogen-bond donors (Lipinski definition) is 1. The quantitative estimate of drug-likeness (QED) is 0.878. The Morgan fingerprint density at radius 2 is 2.05 bits per heavy atom. The molecule has 2 aromatic heterocycles. The second-order valence-electron chi connectivity index (χ2n) is 5.73. The number of nitrogens with one attached hydrogen (secondary N) is 1. The van der Waals surface area contributed by atoms with Crippen molar-refractivity contribution < 1.29 is 4.42 Å². The van der Waals surface area contributed by atoms with Crippen LogP contribution in [0.3, 0.4) is 0 Å². The molecule has 0 unspecified atom stereocenters. The molecule has 2 heterocycles. The third-order valence-corrected chi connectivity index (χ3v) is 3.62. The molecule has 0 amide bonds. The van der Waals surface area contributed by atoms with Crippen LogP contribution in [-0.2, 0) is 13.1 Å². The Bertz CT molecular complexity index is 632. The highest BCUT2D eigenvalue weighted by Gasteiger charge is 2.20. The van der Waals surface area contributed by atoms with Crippen LogP contribution in [0.25, 0.3) is 0 Å². The zero-order valence-electron chi connectivity index (χ0n) is 12.0. The minimum absolute atomic E-state index is 0.00838. The van der Waals surface area contributed by atoms with E-state index in [0.717, 1.165) is 18.1 Å². The molecule has 20 heavy (non-hydrogen) atoms. The summed E-state index contributed by atoms with van der Waals surface area (Å²) in [6.07, 6.45) is 6.18. The van der Waals surface area contributed by atoms with Crippen LogP contribution >= 0.6 is 0 Å². The van der Waals surface area contributed by atoms with E-state index in [4.69, 9.17) is 4.42 Å². The highest BCUT2D eigenvalue weighted by molar-refractivity contribution is 5.08. The van der Waals surface area contributed by atoms with Crippen molar-refractivity contribution in [1.82, 2.24) is 14.5 Å². The Morgan fingerprint density at radius 3 is 2.70 bits per heavy atom. The largest absolute Gasteiger partial charge is 0.463 e. The summed E-state index contributed by atoms with van der Waals surface area (Å²) in [6, 6.07) is 4.78. The van der Waals surface area contributed by atoms with E-state index in [2.05, 4.69) is 5.32 Å². The summed E-state index contributed by atoms with van der Waals surface area (Å²) in [5.41, 5.74) is 0.00838. The summed E-state index contributed by atoms with van der Waals surface area (Å²) in [4.78, 5) is 12.1. The zero-order valence-corrected chi connectivity index (χ0v) is 12.0. The molecule has 0 bridgehead atoms. The standard InChI is InChI=1S/C15H21N3O2/c1-11(2)18-8-7-17(15(18)19)10-14-6-5-13(20-14)9-16-12-3-4-12/h5-8,11-12,16H,3-4,9-10H2,1-2H3. The van der Waals surface area contributed by atoms with E-state index in [1.54, 1.807) is 9.13 Å². The Balaban J connectivity index is 1.66. The van der Waals surface area contributed by atoms with E-state index in [-0.39, 0.29) is 11.7 Å². The van der Waals surface area contributed by atoms with Crippen LogP contribution in [0.2, 0.25) is 0 Å². The maximum Gasteiger partial charge on any atom is 0.328 e. The summed E-state index contributed by atoms with van der Waals surface area (Å²) in [7, 11) is 0. The van der Waals surface area contributed by atoms with Gasteiger partial charge in [0.05, 0.1) is 13.1 Å². The summed E-state index contributed by atoms with van der Waals surface area (Å²) in [5, 5.41) is 3.41. The van der Waals surface area contributed by atoms with Gasteiger partial charge in [-0.3, -0.25) is 9.13 Å². The van der Waals surface area contributed by atoms with Gasteiger partial charge in [0.2, 0.25) is 0 Å². The fourth-order valence-corrected chi connectivity index (χ4v) is 2.24. The summed E-state index contributed by atoms with van der Waals surface area (Å²) in [6.45, 7) is 5.26. The average molecular weight is 275 g/mol. The number of imidazole rings is 1. The fraction of sp³-hybridized carbons (Fsp3) is 0.533. The van der Waals surface area contributed by atoms with Crippen LogP contribution in [0.1, 0.15) is 44.3 Å². The van der Waals surface area contributed by atoms with Crippen molar-refractivity contribution >= 4 is 0 Å². The van der Waals surface area contributed by atoms with Gasteiger partial charge in [-0.1, -0.05) is 0 Å². The van der Waals surface area contributed by atoms with Crippen molar-refractivity contribution in [2.75, 3.05) is 0 Å². The van der Waals surface area contributed by atoms with E-state index in [1.807, 2.05) is 38.4 Å². The molecule has 1 N–H and O–H groups in total. The molecule has 3 rings (SSSR count). The van der Waals surface area contributed by atoms with E-state index in [0.29, 0.717) is 12.6 Å². The first-order valence-electron chi connectivity index (χ1n) is 7.21. The predicted octanol–water partition coefficient (Wildman–Crippen LogP) is 2.12. The molecule has 5 nitrogen and oxygen atoms in total. The first-order valence-corrected chi connectivity index (χ1v) is 7.21. The number of aromatic nitrogens is 2. The molecule has 1 saturated carbocycles. The molecule has 5 heteroatoms. The molecule has 0 saturated heterocycles. The molecule has 1 aliphatic rings. The lowest BCUT2D eigenvalue weighted by molar-refractivity contribution is 0.432. The van der Waals surface area contributed by atoms with Gasteiger partial charge in [0.25, 0.3) is 0 Å². The SMILES string of the molecule is CC(C)n1ccn(Cc2ccc(CNC3CC3)o2)c1=O. The highest BCUT2D eigenvalue weighted by atomic mass is 16.3. The molecular weight excluding hydrogens is 254 g/mol. The van der Waals surface area contributed by atoms with Crippen molar-refractivity contribution in [1.29, 1.82) is 0 Å². The van der Waals surface area contributed by atoms with Crippen molar-refractivity contribution in [2.24, 2.45) is 0 Å². The van der Waals surface area contributed by atoms with Crippen molar-refractivity contribution in [3.05, 3.63) is 46.5 Å². The zero-order chi connectivity index (χ0) is 14.1.